The molecule has 0 radical (unpaired) electrons. The normalized spacial score (nSPS) is 12.3. The summed E-state index contributed by atoms with van der Waals surface area (Å²) in [5.41, 5.74) is 6.69. The van der Waals surface area contributed by atoms with Gasteiger partial charge in [0.2, 0.25) is 0 Å². The third kappa shape index (κ3) is 2.74. The molecule has 1 aromatic heterocycles. The Balaban J connectivity index is 2.45. The van der Waals surface area contributed by atoms with Crippen LogP contribution in [-0.2, 0) is 0 Å². The van der Waals surface area contributed by atoms with Gasteiger partial charge in [0.25, 0.3) is 0 Å². The smallest absolute Gasteiger partial charge is 0.0621 e. The van der Waals surface area contributed by atoms with Gasteiger partial charge in [-0.15, -0.1) is 11.3 Å². The second kappa shape index (κ2) is 4.88. The SMILES string of the molecule is CC(CCCC#N)c1sccc1N. The molecule has 0 aliphatic carbocycles. The highest BCUT2D eigenvalue weighted by Crippen LogP contribution is 2.30. The molecular weight excluding hydrogens is 180 g/mol. The topological polar surface area (TPSA) is 49.8 Å². The molecule has 0 saturated heterocycles. The summed E-state index contributed by atoms with van der Waals surface area (Å²) in [5, 5.41) is 10.4. The predicted molar refractivity (Wildman–Crippen MR) is 56.6 cm³/mol. The molecule has 1 rings (SSSR count). The number of anilines is 1. The Kier molecular flexibility index (Phi) is 3.78. The van der Waals surface area contributed by atoms with Crippen molar-refractivity contribution in [2.75, 3.05) is 5.73 Å². The molecule has 3 heteroatoms. The van der Waals surface area contributed by atoms with E-state index in [1.54, 1.807) is 11.3 Å². The number of nitriles is 1. The van der Waals surface area contributed by atoms with Gasteiger partial charge >= 0.3 is 0 Å². The zero-order valence-electron chi connectivity index (χ0n) is 7.79. The minimum atomic E-state index is 0.494. The molecule has 1 unspecified atom stereocenters. The van der Waals surface area contributed by atoms with Crippen LogP contribution >= 0.6 is 11.3 Å². The van der Waals surface area contributed by atoms with Crippen LogP contribution in [0.1, 0.15) is 37.0 Å². The molecule has 0 saturated carbocycles. The largest absolute Gasteiger partial charge is 0.398 e. The number of unbranched alkanes of at least 4 members (excludes halogenated alkanes) is 1. The first-order valence-corrected chi connectivity index (χ1v) is 5.33. The summed E-state index contributed by atoms with van der Waals surface area (Å²) in [4.78, 5) is 1.26. The number of rotatable bonds is 4. The van der Waals surface area contributed by atoms with E-state index in [0.29, 0.717) is 12.3 Å². The van der Waals surface area contributed by atoms with Crippen molar-refractivity contribution in [1.82, 2.24) is 0 Å². The lowest BCUT2D eigenvalue weighted by Crippen LogP contribution is -1.94. The van der Waals surface area contributed by atoms with Crippen LogP contribution in [0.2, 0.25) is 0 Å². The Morgan fingerprint density at radius 3 is 3.00 bits per heavy atom. The molecule has 1 atom stereocenters. The average Bonchev–Trinajstić information content (AvgIpc) is 2.52. The van der Waals surface area contributed by atoms with Gasteiger partial charge in [-0.05, 0) is 30.2 Å². The molecule has 0 aliphatic rings. The fourth-order valence-corrected chi connectivity index (χ4v) is 2.27. The van der Waals surface area contributed by atoms with Gasteiger partial charge in [-0.1, -0.05) is 6.92 Å². The average molecular weight is 194 g/mol. The number of nitrogen functional groups attached to an aromatic ring is 1. The Labute approximate surface area is 83.0 Å². The maximum absolute atomic E-state index is 8.39. The van der Waals surface area contributed by atoms with Crippen molar-refractivity contribution in [3.05, 3.63) is 16.3 Å². The second-order valence-electron chi connectivity index (χ2n) is 3.19. The van der Waals surface area contributed by atoms with E-state index in [9.17, 15) is 0 Å². The number of nitrogens with two attached hydrogens (primary N) is 1. The lowest BCUT2D eigenvalue weighted by molar-refractivity contribution is 0.653. The first-order chi connectivity index (χ1) is 6.25. The fourth-order valence-electron chi connectivity index (χ4n) is 1.35. The molecule has 0 spiro atoms. The maximum Gasteiger partial charge on any atom is 0.0621 e. The van der Waals surface area contributed by atoms with Gasteiger partial charge in [0.15, 0.2) is 0 Å². The van der Waals surface area contributed by atoms with Crippen LogP contribution in [0.5, 0.6) is 0 Å². The maximum atomic E-state index is 8.39. The summed E-state index contributed by atoms with van der Waals surface area (Å²) in [6.45, 7) is 2.17. The molecule has 0 fully saturated rings. The standard InChI is InChI=1S/C10H14N2S/c1-8(4-2-3-6-11)10-9(12)5-7-13-10/h5,7-8H,2-4,12H2,1H3. The molecule has 1 aromatic rings. The lowest BCUT2D eigenvalue weighted by atomic mass is 10.0. The first-order valence-electron chi connectivity index (χ1n) is 4.45. The third-order valence-electron chi connectivity index (χ3n) is 2.10. The third-order valence-corrected chi connectivity index (χ3v) is 3.26. The molecule has 70 valence electrons. The molecule has 0 amide bonds. The van der Waals surface area contributed by atoms with Crippen LogP contribution in [0.3, 0.4) is 0 Å². The van der Waals surface area contributed by atoms with Crippen molar-refractivity contribution in [2.24, 2.45) is 0 Å². The van der Waals surface area contributed by atoms with Crippen LogP contribution in [-0.4, -0.2) is 0 Å². The molecule has 0 aromatic carbocycles. The van der Waals surface area contributed by atoms with Gasteiger partial charge in [-0.2, -0.15) is 5.26 Å². The van der Waals surface area contributed by atoms with E-state index in [1.807, 2.05) is 11.4 Å². The molecule has 2 nitrogen and oxygen atoms in total. The van der Waals surface area contributed by atoms with Gasteiger partial charge in [0.05, 0.1) is 6.07 Å². The molecule has 0 bridgehead atoms. The summed E-state index contributed by atoms with van der Waals surface area (Å²) in [6.07, 6.45) is 2.67. The number of thiophene rings is 1. The minimum Gasteiger partial charge on any atom is -0.398 e. The Bertz CT molecular complexity index is 298. The van der Waals surface area contributed by atoms with Crippen molar-refractivity contribution in [2.45, 2.75) is 32.1 Å². The van der Waals surface area contributed by atoms with Gasteiger partial charge in [0, 0.05) is 17.0 Å². The lowest BCUT2D eigenvalue weighted by Gasteiger charge is -2.08. The zero-order valence-corrected chi connectivity index (χ0v) is 8.60. The second-order valence-corrected chi connectivity index (χ2v) is 4.14. The number of nitrogens with zero attached hydrogens (tertiary/aromatic N) is 1. The molecule has 0 aliphatic heterocycles. The van der Waals surface area contributed by atoms with Gasteiger partial charge in [0.1, 0.15) is 0 Å². The summed E-state index contributed by atoms with van der Waals surface area (Å²) >= 11 is 1.71. The van der Waals surface area contributed by atoms with E-state index in [2.05, 4.69) is 13.0 Å². The van der Waals surface area contributed by atoms with E-state index in [0.717, 1.165) is 18.5 Å². The van der Waals surface area contributed by atoms with Crippen LogP contribution in [0.4, 0.5) is 5.69 Å². The fraction of sp³-hybridized carbons (Fsp3) is 0.500. The summed E-state index contributed by atoms with van der Waals surface area (Å²) < 4.78 is 0. The van der Waals surface area contributed by atoms with Crippen LogP contribution in [0.15, 0.2) is 11.4 Å². The van der Waals surface area contributed by atoms with Crippen LogP contribution in [0, 0.1) is 11.3 Å². The monoisotopic (exact) mass is 194 g/mol. The highest BCUT2D eigenvalue weighted by molar-refractivity contribution is 7.10. The molecule has 2 N–H and O–H groups in total. The Morgan fingerprint density at radius 1 is 1.69 bits per heavy atom. The highest BCUT2D eigenvalue weighted by Gasteiger charge is 2.09. The van der Waals surface area contributed by atoms with Gasteiger partial charge in [-0.25, -0.2) is 0 Å². The summed E-state index contributed by atoms with van der Waals surface area (Å²) in [5.74, 6) is 0.494. The number of hydrogen-bond donors (Lipinski definition) is 1. The van der Waals surface area contributed by atoms with E-state index in [1.165, 1.54) is 4.88 Å². The van der Waals surface area contributed by atoms with Crippen molar-refractivity contribution in [1.29, 1.82) is 5.26 Å². The van der Waals surface area contributed by atoms with Crippen molar-refractivity contribution >= 4 is 17.0 Å². The highest BCUT2D eigenvalue weighted by atomic mass is 32.1. The Morgan fingerprint density at radius 2 is 2.46 bits per heavy atom. The first kappa shape index (κ1) is 10.1. The Hall–Kier alpha value is -1.01. The van der Waals surface area contributed by atoms with Crippen molar-refractivity contribution in [3.8, 4) is 6.07 Å². The zero-order chi connectivity index (χ0) is 9.68. The summed E-state index contributed by atoms with van der Waals surface area (Å²) in [6, 6.07) is 4.10. The molecule has 1 heterocycles. The van der Waals surface area contributed by atoms with Gasteiger partial charge in [-0.3, -0.25) is 0 Å². The molecule has 13 heavy (non-hydrogen) atoms. The van der Waals surface area contributed by atoms with E-state index in [-0.39, 0.29) is 0 Å². The van der Waals surface area contributed by atoms with E-state index >= 15 is 0 Å². The quantitative estimate of drug-likeness (QED) is 0.748. The van der Waals surface area contributed by atoms with Crippen LogP contribution < -0.4 is 5.73 Å². The molecular formula is C10H14N2S. The predicted octanol–water partition coefficient (Wildman–Crippen LogP) is 3.13. The van der Waals surface area contributed by atoms with Crippen molar-refractivity contribution < 1.29 is 0 Å². The number of hydrogen-bond acceptors (Lipinski definition) is 3. The van der Waals surface area contributed by atoms with Crippen molar-refractivity contribution in [3.63, 3.8) is 0 Å². The summed E-state index contributed by atoms with van der Waals surface area (Å²) in [7, 11) is 0. The minimum absolute atomic E-state index is 0.494. The van der Waals surface area contributed by atoms with E-state index in [4.69, 9.17) is 11.0 Å². The van der Waals surface area contributed by atoms with Crippen LogP contribution in [0.25, 0.3) is 0 Å². The van der Waals surface area contributed by atoms with Gasteiger partial charge < -0.3 is 5.73 Å². The van der Waals surface area contributed by atoms with E-state index < -0.39 is 0 Å².